The summed E-state index contributed by atoms with van der Waals surface area (Å²) in [5, 5.41) is 3.75. The van der Waals surface area contributed by atoms with Crippen LogP contribution < -0.4 is 18.1 Å². The first-order valence-corrected chi connectivity index (χ1v) is 3.81. The highest BCUT2D eigenvalue weighted by Gasteiger charge is 2.47. The van der Waals surface area contributed by atoms with Gasteiger partial charge in [-0.05, 0) is 6.07 Å². The summed E-state index contributed by atoms with van der Waals surface area (Å²) in [5.41, 5.74) is 4.42. The molecule has 1 aromatic rings. The van der Waals surface area contributed by atoms with E-state index in [2.05, 4.69) is 10.8 Å². The van der Waals surface area contributed by atoms with Gasteiger partial charge in [-0.2, -0.15) is 13.9 Å². The molecular formula is C7H10ClF2N3. The Labute approximate surface area is 80.3 Å². The van der Waals surface area contributed by atoms with E-state index in [0.29, 0.717) is 10.4 Å². The highest BCUT2D eigenvalue weighted by atomic mass is 35.5. The zero-order valence-corrected chi connectivity index (χ0v) is 7.64. The summed E-state index contributed by atoms with van der Waals surface area (Å²) >= 11 is 0. The molecule has 0 amide bonds. The second-order valence-corrected chi connectivity index (χ2v) is 3.24. The molecule has 1 aromatic heterocycles. The predicted molar refractivity (Wildman–Crippen MR) is 37.3 cm³/mol. The van der Waals surface area contributed by atoms with Crippen LogP contribution in [0.15, 0.2) is 12.3 Å². The van der Waals surface area contributed by atoms with Gasteiger partial charge in [-0.15, -0.1) is 0 Å². The summed E-state index contributed by atoms with van der Waals surface area (Å²) in [7, 11) is 0. The van der Waals surface area contributed by atoms with Crippen LogP contribution in [-0.2, 0) is 5.54 Å². The molecule has 0 atom stereocenters. The number of halogens is 3. The van der Waals surface area contributed by atoms with Crippen molar-refractivity contribution in [3.05, 3.63) is 18.0 Å². The number of nitrogens with zero attached hydrogens (tertiary/aromatic N) is 2. The van der Waals surface area contributed by atoms with Gasteiger partial charge in [0.15, 0.2) is 0 Å². The minimum Gasteiger partial charge on any atom is -1.00 e. The lowest BCUT2D eigenvalue weighted by Crippen LogP contribution is -3.00. The number of hydrogen-bond acceptors (Lipinski definition) is 1. The molecule has 0 aromatic carbocycles. The maximum Gasteiger partial charge on any atom is 0.333 e. The summed E-state index contributed by atoms with van der Waals surface area (Å²) in [6.07, 6.45) is 3.20. The van der Waals surface area contributed by atoms with Crippen molar-refractivity contribution in [2.75, 3.05) is 0 Å². The SMILES string of the molecule is [Cl-].[NH3+]C1(c2ccn(C(F)F)n2)CC1. The van der Waals surface area contributed by atoms with E-state index in [1.165, 1.54) is 6.20 Å². The van der Waals surface area contributed by atoms with Gasteiger partial charge in [-0.1, -0.05) is 0 Å². The van der Waals surface area contributed by atoms with E-state index in [0.717, 1.165) is 12.8 Å². The first-order chi connectivity index (χ1) is 5.62. The van der Waals surface area contributed by atoms with Crippen molar-refractivity contribution in [1.29, 1.82) is 0 Å². The Morgan fingerprint density at radius 1 is 1.54 bits per heavy atom. The molecule has 1 saturated carbocycles. The smallest absolute Gasteiger partial charge is 0.333 e. The Balaban J connectivity index is 0.000000845. The van der Waals surface area contributed by atoms with Crippen LogP contribution in [0.3, 0.4) is 0 Å². The quantitative estimate of drug-likeness (QED) is 0.576. The van der Waals surface area contributed by atoms with Crippen molar-refractivity contribution in [2.45, 2.75) is 24.9 Å². The van der Waals surface area contributed by atoms with E-state index in [-0.39, 0.29) is 17.9 Å². The molecule has 1 heterocycles. The lowest BCUT2D eigenvalue weighted by atomic mass is 10.2. The second-order valence-electron chi connectivity index (χ2n) is 3.24. The Morgan fingerprint density at radius 3 is 2.54 bits per heavy atom. The minimum atomic E-state index is -2.54. The maximum absolute atomic E-state index is 12.1. The van der Waals surface area contributed by atoms with Crippen LogP contribution >= 0.6 is 0 Å². The van der Waals surface area contributed by atoms with E-state index in [1.54, 1.807) is 6.07 Å². The van der Waals surface area contributed by atoms with Crippen molar-refractivity contribution in [2.24, 2.45) is 0 Å². The zero-order valence-electron chi connectivity index (χ0n) is 6.88. The Kier molecular flexibility index (Phi) is 2.58. The number of alkyl halides is 2. The first kappa shape index (κ1) is 10.4. The molecule has 0 spiro atoms. The summed E-state index contributed by atoms with van der Waals surface area (Å²) in [6, 6.07) is 1.62. The first-order valence-electron chi connectivity index (χ1n) is 3.81. The fourth-order valence-corrected chi connectivity index (χ4v) is 1.14. The molecule has 0 aliphatic heterocycles. The van der Waals surface area contributed by atoms with Crippen LogP contribution in [0.25, 0.3) is 0 Å². The molecule has 0 bridgehead atoms. The average Bonchev–Trinajstić information content (AvgIpc) is 2.61. The Hall–Kier alpha value is -0.680. The van der Waals surface area contributed by atoms with E-state index < -0.39 is 6.55 Å². The van der Waals surface area contributed by atoms with Crippen LogP contribution in [0.1, 0.15) is 25.1 Å². The highest BCUT2D eigenvalue weighted by molar-refractivity contribution is 5.16. The number of hydrogen-bond donors (Lipinski definition) is 1. The van der Waals surface area contributed by atoms with Gasteiger partial charge >= 0.3 is 6.55 Å². The molecule has 74 valence electrons. The predicted octanol–water partition coefficient (Wildman–Crippen LogP) is -2.49. The summed E-state index contributed by atoms with van der Waals surface area (Å²) in [4.78, 5) is 0. The van der Waals surface area contributed by atoms with Crippen LogP contribution in [-0.4, -0.2) is 9.78 Å². The molecule has 1 fully saturated rings. The van der Waals surface area contributed by atoms with Crippen molar-refractivity contribution in [3.8, 4) is 0 Å². The lowest BCUT2D eigenvalue weighted by Gasteiger charge is -1.99. The van der Waals surface area contributed by atoms with Crippen LogP contribution in [0, 0.1) is 0 Å². The van der Waals surface area contributed by atoms with E-state index in [1.807, 2.05) is 0 Å². The molecule has 1 aliphatic rings. The van der Waals surface area contributed by atoms with Crippen molar-refractivity contribution in [3.63, 3.8) is 0 Å². The summed E-state index contributed by atoms with van der Waals surface area (Å²) < 4.78 is 24.8. The van der Waals surface area contributed by atoms with Crippen molar-refractivity contribution < 1.29 is 26.9 Å². The molecule has 2 rings (SSSR count). The summed E-state index contributed by atoms with van der Waals surface area (Å²) in [5.74, 6) is 0. The van der Waals surface area contributed by atoms with Gasteiger partial charge in [0.05, 0.1) is 0 Å². The third-order valence-electron chi connectivity index (χ3n) is 2.21. The molecule has 13 heavy (non-hydrogen) atoms. The fraction of sp³-hybridized carbons (Fsp3) is 0.571. The zero-order chi connectivity index (χ0) is 8.77. The maximum atomic E-state index is 12.1. The Morgan fingerprint density at radius 2 is 2.15 bits per heavy atom. The molecule has 1 aliphatic carbocycles. The third kappa shape index (κ3) is 1.81. The van der Waals surface area contributed by atoms with Crippen LogP contribution in [0.5, 0.6) is 0 Å². The van der Waals surface area contributed by atoms with Crippen LogP contribution in [0.2, 0.25) is 0 Å². The molecule has 6 heteroatoms. The number of quaternary nitrogens is 1. The van der Waals surface area contributed by atoms with Gasteiger partial charge in [0, 0.05) is 19.0 Å². The lowest BCUT2D eigenvalue weighted by molar-refractivity contribution is -0.448. The normalized spacial score (nSPS) is 18.5. The van der Waals surface area contributed by atoms with Gasteiger partial charge in [0.2, 0.25) is 0 Å². The minimum absolute atomic E-state index is 0. The average molecular weight is 210 g/mol. The van der Waals surface area contributed by atoms with Gasteiger partial charge in [0.25, 0.3) is 0 Å². The monoisotopic (exact) mass is 209 g/mol. The molecule has 3 N–H and O–H groups in total. The molecule has 0 unspecified atom stereocenters. The molecule has 0 saturated heterocycles. The van der Waals surface area contributed by atoms with Gasteiger partial charge in [-0.3, -0.25) is 0 Å². The fourth-order valence-electron chi connectivity index (χ4n) is 1.14. The van der Waals surface area contributed by atoms with Crippen LogP contribution in [0.4, 0.5) is 8.78 Å². The summed E-state index contributed by atoms with van der Waals surface area (Å²) in [6.45, 7) is -2.54. The molecular weight excluding hydrogens is 200 g/mol. The van der Waals surface area contributed by atoms with E-state index in [4.69, 9.17) is 0 Å². The standard InChI is InChI=1S/C7H9F2N3.ClH/c8-6(9)12-4-1-5(11-12)7(10)2-3-7;/h1,4,6H,2-3,10H2;1H. The molecule has 3 nitrogen and oxygen atoms in total. The van der Waals surface area contributed by atoms with Gasteiger partial charge in [0.1, 0.15) is 11.2 Å². The largest absolute Gasteiger partial charge is 1.00 e. The number of rotatable bonds is 2. The van der Waals surface area contributed by atoms with Gasteiger partial charge in [-0.25, -0.2) is 4.68 Å². The molecule has 0 radical (unpaired) electrons. The Bertz CT molecular complexity index is 296. The van der Waals surface area contributed by atoms with Crippen molar-refractivity contribution in [1.82, 2.24) is 9.78 Å². The van der Waals surface area contributed by atoms with Crippen molar-refractivity contribution >= 4 is 0 Å². The second kappa shape index (κ2) is 3.23. The highest BCUT2D eigenvalue weighted by Crippen LogP contribution is 2.39. The number of aromatic nitrogens is 2. The van der Waals surface area contributed by atoms with Gasteiger partial charge < -0.3 is 18.1 Å². The van der Waals surface area contributed by atoms with E-state index in [9.17, 15) is 8.78 Å². The topological polar surface area (TPSA) is 45.5 Å². The third-order valence-corrected chi connectivity index (χ3v) is 2.21. The van der Waals surface area contributed by atoms with E-state index >= 15 is 0 Å².